The van der Waals surface area contributed by atoms with Crippen molar-refractivity contribution in [1.82, 2.24) is 4.31 Å². The second-order valence-corrected chi connectivity index (χ2v) is 9.13. The number of rotatable bonds is 9. The maximum absolute atomic E-state index is 13.3. The van der Waals surface area contributed by atoms with Crippen LogP contribution in [0.5, 0.6) is 5.75 Å². The van der Waals surface area contributed by atoms with E-state index in [-0.39, 0.29) is 23.0 Å². The van der Waals surface area contributed by atoms with Gasteiger partial charge in [-0.15, -0.1) is 0 Å². The molecule has 1 amide bonds. The molecule has 0 fully saturated rings. The van der Waals surface area contributed by atoms with Crippen molar-refractivity contribution in [2.24, 2.45) is 0 Å². The van der Waals surface area contributed by atoms with Crippen LogP contribution in [-0.2, 0) is 21.2 Å². The Balaban J connectivity index is 1.84. The molecular weight excluding hydrogens is 436 g/mol. The lowest BCUT2D eigenvalue weighted by Crippen LogP contribution is -2.39. The van der Waals surface area contributed by atoms with E-state index < -0.39 is 15.9 Å². The quantitative estimate of drug-likeness (QED) is 0.521. The molecule has 162 valence electrons. The van der Waals surface area contributed by atoms with Gasteiger partial charge in [-0.1, -0.05) is 60.1 Å². The molecular formula is C23H23ClN2O4S. The van der Waals surface area contributed by atoms with E-state index >= 15 is 0 Å². The Morgan fingerprint density at radius 1 is 1.00 bits per heavy atom. The summed E-state index contributed by atoms with van der Waals surface area (Å²) in [5, 5.41) is 2.91. The number of carbonyl (C=O) groups is 1. The Bertz CT molecular complexity index is 1120. The number of hydrogen-bond donors (Lipinski definition) is 1. The molecule has 1 N–H and O–H groups in total. The standard InChI is InChI=1S/C23H23ClN2O4S/c1-30-22-13-12-20(16-21(22)24)31(28,29)26(15-14-18-8-4-2-5-9-18)17-23(27)25-19-10-6-3-7-11-19/h2-13,16H,14-15,17H2,1H3,(H,25,27). The fourth-order valence-electron chi connectivity index (χ4n) is 3.02. The summed E-state index contributed by atoms with van der Waals surface area (Å²) >= 11 is 6.14. The van der Waals surface area contributed by atoms with Gasteiger partial charge in [-0.05, 0) is 42.3 Å². The van der Waals surface area contributed by atoms with E-state index in [9.17, 15) is 13.2 Å². The van der Waals surface area contributed by atoms with Crippen LogP contribution in [0.2, 0.25) is 5.02 Å². The van der Waals surface area contributed by atoms with Gasteiger partial charge in [0.2, 0.25) is 15.9 Å². The number of sulfonamides is 1. The first-order valence-electron chi connectivity index (χ1n) is 9.62. The molecule has 0 radical (unpaired) electrons. The molecule has 0 aromatic heterocycles. The zero-order valence-corrected chi connectivity index (χ0v) is 18.6. The number of para-hydroxylation sites is 1. The number of hydrogen-bond acceptors (Lipinski definition) is 4. The third-order valence-electron chi connectivity index (χ3n) is 4.63. The maximum Gasteiger partial charge on any atom is 0.243 e. The Morgan fingerprint density at radius 3 is 2.26 bits per heavy atom. The fourth-order valence-corrected chi connectivity index (χ4v) is 4.77. The Kier molecular flexibility index (Phi) is 7.68. The summed E-state index contributed by atoms with van der Waals surface area (Å²) in [5.74, 6) is -0.0549. The number of nitrogens with one attached hydrogen (secondary N) is 1. The summed E-state index contributed by atoms with van der Waals surface area (Å²) < 4.78 is 32.9. The molecule has 0 saturated carbocycles. The summed E-state index contributed by atoms with van der Waals surface area (Å²) in [5.41, 5.74) is 1.57. The maximum atomic E-state index is 13.3. The van der Waals surface area contributed by atoms with Gasteiger partial charge >= 0.3 is 0 Å². The highest BCUT2D eigenvalue weighted by Crippen LogP contribution is 2.28. The molecule has 0 aliphatic carbocycles. The van der Waals surface area contributed by atoms with Crippen molar-refractivity contribution in [1.29, 1.82) is 0 Å². The van der Waals surface area contributed by atoms with Crippen molar-refractivity contribution in [3.8, 4) is 5.75 Å². The van der Waals surface area contributed by atoms with E-state index in [4.69, 9.17) is 16.3 Å². The van der Waals surface area contributed by atoms with Gasteiger partial charge in [-0.3, -0.25) is 4.79 Å². The van der Waals surface area contributed by atoms with Gasteiger partial charge in [0.15, 0.2) is 0 Å². The van der Waals surface area contributed by atoms with Gasteiger partial charge in [0.1, 0.15) is 5.75 Å². The van der Waals surface area contributed by atoms with Crippen molar-refractivity contribution >= 4 is 33.2 Å². The summed E-state index contributed by atoms with van der Waals surface area (Å²) in [6.07, 6.45) is 0.461. The number of carbonyl (C=O) groups excluding carboxylic acids is 1. The van der Waals surface area contributed by atoms with E-state index in [1.807, 2.05) is 36.4 Å². The molecule has 3 aromatic rings. The lowest BCUT2D eigenvalue weighted by Gasteiger charge is -2.22. The summed E-state index contributed by atoms with van der Waals surface area (Å²) in [7, 11) is -2.52. The second-order valence-electron chi connectivity index (χ2n) is 6.78. The fraction of sp³-hybridized carbons (Fsp3) is 0.174. The van der Waals surface area contributed by atoms with Gasteiger partial charge in [-0.2, -0.15) is 4.31 Å². The number of anilines is 1. The molecule has 6 nitrogen and oxygen atoms in total. The molecule has 0 aliphatic heterocycles. The van der Waals surface area contributed by atoms with E-state index in [0.29, 0.717) is 17.9 Å². The molecule has 3 rings (SSSR count). The molecule has 0 spiro atoms. The van der Waals surface area contributed by atoms with Crippen LogP contribution in [0.3, 0.4) is 0 Å². The molecule has 0 unspecified atom stereocenters. The highest BCUT2D eigenvalue weighted by atomic mass is 35.5. The van der Waals surface area contributed by atoms with Gasteiger partial charge < -0.3 is 10.1 Å². The second kappa shape index (κ2) is 10.4. The first-order valence-corrected chi connectivity index (χ1v) is 11.4. The van der Waals surface area contributed by atoms with Gasteiger partial charge in [-0.25, -0.2) is 8.42 Å². The topological polar surface area (TPSA) is 75.7 Å². The third kappa shape index (κ3) is 6.07. The summed E-state index contributed by atoms with van der Waals surface area (Å²) in [4.78, 5) is 12.6. The third-order valence-corrected chi connectivity index (χ3v) is 6.77. The minimum atomic E-state index is -3.97. The Labute approximate surface area is 187 Å². The highest BCUT2D eigenvalue weighted by Gasteiger charge is 2.27. The monoisotopic (exact) mass is 458 g/mol. The minimum Gasteiger partial charge on any atom is -0.495 e. The van der Waals surface area contributed by atoms with Gasteiger partial charge in [0.25, 0.3) is 0 Å². The molecule has 31 heavy (non-hydrogen) atoms. The number of methoxy groups -OCH3 is 1. The van der Waals surface area contributed by atoms with Crippen LogP contribution in [0.4, 0.5) is 5.69 Å². The van der Waals surface area contributed by atoms with Crippen LogP contribution < -0.4 is 10.1 Å². The zero-order valence-electron chi connectivity index (χ0n) is 17.0. The zero-order chi connectivity index (χ0) is 22.3. The number of ether oxygens (including phenoxy) is 1. The van der Waals surface area contributed by atoms with Crippen molar-refractivity contribution in [3.63, 3.8) is 0 Å². The average molecular weight is 459 g/mol. The van der Waals surface area contributed by atoms with Crippen LogP contribution in [0.15, 0.2) is 83.8 Å². The van der Waals surface area contributed by atoms with Crippen LogP contribution >= 0.6 is 11.6 Å². The van der Waals surface area contributed by atoms with Crippen LogP contribution in [0.25, 0.3) is 0 Å². The van der Waals surface area contributed by atoms with Crippen LogP contribution in [0.1, 0.15) is 5.56 Å². The van der Waals surface area contributed by atoms with E-state index in [0.717, 1.165) is 9.87 Å². The molecule has 0 atom stereocenters. The smallest absolute Gasteiger partial charge is 0.243 e. The van der Waals surface area contributed by atoms with Crippen LogP contribution in [-0.4, -0.2) is 38.8 Å². The Morgan fingerprint density at radius 2 is 1.65 bits per heavy atom. The number of amides is 1. The van der Waals surface area contributed by atoms with Crippen LogP contribution in [0, 0.1) is 0 Å². The molecule has 0 saturated heterocycles. The largest absolute Gasteiger partial charge is 0.495 e. The number of benzene rings is 3. The normalized spacial score (nSPS) is 11.3. The SMILES string of the molecule is COc1ccc(S(=O)(=O)N(CCc2ccccc2)CC(=O)Nc2ccccc2)cc1Cl. The summed E-state index contributed by atoms with van der Waals surface area (Å²) in [6, 6.07) is 22.6. The molecule has 0 aliphatic rings. The van der Waals surface area contributed by atoms with E-state index in [2.05, 4.69) is 5.32 Å². The predicted octanol–water partition coefficient (Wildman–Crippen LogP) is 4.22. The molecule has 8 heteroatoms. The first kappa shape index (κ1) is 22.8. The van der Waals surface area contributed by atoms with Crippen molar-refractivity contribution in [3.05, 3.63) is 89.4 Å². The van der Waals surface area contributed by atoms with Gasteiger partial charge in [0.05, 0.1) is 23.6 Å². The minimum absolute atomic E-state index is 0.00104. The van der Waals surface area contributed by atoms with Crippen molar-refractivity contribution in [2.75, 3.05) is 25.5 Å². The van der Waals surface area contributed by atoms with Crippen molar-refractivity contribution in [2.45, 2.75) is 11.3 Å². The van der Waals surface area contributed by atoms with E-state index in [1.54, 1.807) is 24.3 Å². The molecule has 3 aromatic carbocycles. The van der Waals surface area contributed by atoms with Crippen molar-refractivity contribution < 1.29 is 17.9 Å². The van der Waals surface area contributed by atoms with Gasteiger partial charge in [0, 0.05) is 12.2 Å². The Hall–Kier alpha value is -2.87. The summed E-state index contributed by atoms with van der Waals surface area (Å²) in [6.45, 7) is -0.189. The predicted molar refractivity (Wildman–Crippen MR) is 122 cm³/mol. The molecule has 0 bridgehead atoms. The number of nitrogens with zero attached hydrogens (tertiary/aromatic N) is 1. The lowest BCUT2D eigenvalue weighted by molar-refractivity contribution is -0.116. The highest BCUT2D eigenvalue weighted by molar-refractivity contribution is 7.89. The van der Waals surface area contributed by atoms with E-state index in [1.165, 1.54) is 25.3 Å². The lowest BCUT2D eigenvalue weighted by atomic mass is 10.1. The average Bonchev–Trinajstić information content (AvgIpc) is 2.77. The number of halogens is 1. The molecule has 0 heterocycles. The first-order chi connectivity index (χ1) is 14.9.